The van der Waals surface area contributed by atoms with Crippen LogP contribution in [0.5, 0.6) is 11.5 Å². The van der Waals surface area contributed by atoms with Gasteiger partial charge in [-0.3, -0.25) is 0 Å². The minimum Gasteiger partial charge on any atom is -0.490 e. The van der Waals surface area contributed by atoms with Crippen LogP contribution in [-0.2, 0) is 0 Å². The second kappa shape index (κ2) is 6.93. The van der Waals surface area contributed by atoms with Crippen LogP contribution in [0.3, 0.4) is 0 Å². The summed E-state index contributed by atoms with van der Waals surface area (Å²) in [5.41, 5.74) is 6.48. The Bertz CT molecular complexity index is 476. The molecule has 0 spiro atoms. The molecule has 1 aliphatic carbocycles. The van der Waals surface area contributed by atoms with E-state index in [1.807, 2.05) is 25.1 Å². The average molecular weight is 293 g/mol. The van der Waals surface area contributed by atoms with Crippen molar-refractivity contribution in [2.45, 2.75) is 45.6 Å². The normalized spacial score (nSPS) is 22.3. The molecule has 1 fully saturated rings. The maximum absolute atomic E-state index is 6.14. The lowest BCUT2D eigenvalue weighted by Crippen LogP contribution is -2.24. The second-order valence-electron chi connectivity index (χ2n) is 5.47. The summed E-state index contributed by atoms with van der Waals surface area (Å²) < 4.78 is 11.8. The van der Waals surface area contributed by atoms with Crippen LogP contribution in [0.1, 0.15) is 45.1 Å². The Hall–Kier alpha value is -1.29. The molecule has 3 nitrogen and oxygen atoms in total. The van der Waals surface area contributed by atoms with E-state index in [9.17, 15) is 0 Å². The van der Waals surface area contributed by atoms with Crippen molar-refractivity contribution in [2.24, 2.45) is 11.7 Å². The molecule has 1 aliphatic rings. The van der Waals surface area contributed by atoms with Crippen LogP contribution < -0.4 is 15.2 Å². The highest BCUT2D eigenvalue weighted by molar-refractivity contribution is 7.80. The topological polar surface area (TPSA) is 44.5 Å². The molecule has 20 heavy (non-hydrogen) atoms. The van der Waals surface area contributed by atoms with E-state index in [4.69, 9.17) is 27.4 Å². The molecule has 0 heterocycles. The maximum Gasteiger partial charge on any atom is 0.161 e. The third-order valence-corrected chi connectivity index (χ3v) is 3.95. The molecule has 2 rings (SSSR count). The lowest BCUT2D eigenvalue weighted by molar-refractivity contribution is 0.124. The van der Waals surface area contributed by atoms with E-state index >= 15 is 0 Å². The van der Waals surface area contributed by atoms with Crippen molar-refractivity contribution in [3.8, 4) is 11.5 Å². The zero-order chi connectivity index (χ0) is 14.5. The first-order chi connectivity index (χ1) is 9.60. The molecule has 0 radical (unpaired) electrons. The molecule has 0 amide bonds. The van der Waals surface area contributed by atoms with Gasteiger partial charge in [0, 0.05) is 5.56 Å². The van der Waals surface area contributed by atoms with Gasteiger partial charge in [-0.15, -0.1) is 0 Å². The van der Waals surface area contributed by atoms with Crippen LogP contribution in [0.15, 0.2) is 18.2 Å². The Morgan fingerprint density at radius 3 is 2.80 bits per heavy atom. The lowest BCUT2D eigenvalue weighted by Gasteiger charge is -2.28. The molecule has 1 saturated carbocycles. The zero-order valence-corrected chi connectivity index (χ0v) is 13.0. The summed E-state index contributed by atoms with van der Waals surface area (Å²) in [6, 6.07) is 5.68. The van der Waals surface area contributed by atoms with Gasteiger partial charge < -0.3 is 15.2 Å². The van der Waals surface area contributed by atoms with Gasteiger partial charge in [-0.2, -0.15) is 0 Å². The summed E-state index contributed by atoms with van der Waals surface area (Å²) in [4.78, 5) is 0.379. The van der Waals surface area contributed by atoms with Crippen molar-refractivity contribution in [3.63, 3.8) is 0 Å². The van der Waals surface area contributed by atoms with Crippen LogP contribution in [0, 0.1) is 5.92 Å². The monoisotopic (exact) mass is 293 g/mol. The van der Waals surface area contributed by atoms with E-state index in [0.29, 0.717) is 11.6 Å². The van der Waals surface area contributed by atoms with Crippen molar-refractivity contribution >= 4 is 17.2 Å². The number of hydrogen-bond acceptors (Lipinski definition) is 3. The average Bonchev–Trinajstić information content (AvgIpc) is 2.41. The molecule has 1 aromatic carbocycles. The van der Waals surface area contributed by atoms with Gasteiger partial charge in [0.25, 0.3) is 0 Å². The molecule has 0 aliphatic heterocycles. The number of benzene rings is 1. The molecule has 2 N–H and O–H groups in total. The van der Waals surface area contributed by atoms with Crippen molar-refractivity contribution < 1.29 is 9.47 Å². The summed E-state index contributed by atoms with van der Waals surface area (Å²) in [5, 5.41) is 0. The quantitative estimate of drug-likeness (QED) is 0.841. The van der Waals surface area contributed by atoms with Crippen LogP contribution >= 0.6 is 12.2 Å². The Balaban J connectivity index is 2.15. The first-order valence-corrected chi connectivity index (χ1v) is 7.74. The van der Waals surface area contributed by atoms with E-state index in [1.54, 1.807) is 0 Å². The Morgan fingerprint density at radius 1 is 1.35 bits per heavy atom. The van der Waals surface area contributed by atoms with E-state index in [2.05, 4.69) is 6.92 Å². The van der Waals surface area contributed by atoms with Gasteiger partial charge >= 0.3 is 0 Å². The van der Waals surface area contributed by atoms with E-state index in [1.165, 1.54) is 12.8 Å². The molecule has 2 unspecified atom stereocenters. The molecule has 4 heteroatoms. The van der Waals surface area contributed by atoms with Gasteiger partial charge in [-0.05, 0) is 50.3 Å². The Labute approximate surface area is 126 Å². The van der Waals surface area contributed by atoms with Crippen molar-refractivity contribution in [1.82, 2.24) is 0 Å². The highest BCUT2D eigenvalue weighted by Gasteiger charge is 2.21. The number of hydrogen-bond donors (Lipinski definition) is 1. The van der Waals surface area contributed by atoms with E-state index in [0.717, 1.165) is 35.8 Å². The lowest BCUT2D eigenvalue weighted by atomic mass is 9.89. The van der Waals surface area contributed by atoms with Gasteiger partial charge in [0.2, 0.25) is 0 Å². The van der Waals surface area contributed by atoms with Gasteiger partial charge in [0.1, 0.15) is 4.99 Å². The predicted molar refractivity (Wildman–Crippen MR) is 85.5 cm³/mol. The standard InChI is InChI=1S/C16H23NO2S/c1-3-18-15-10-12(16(17)20)7-8-14(15)19-13-6-4-5-11(2)9-13/h7-8,10-11,13H,3-6,9H2,1-2H3,(H2,17,20). The molecule has 0 saturated heterocycles. The third-order valence-electron chi connectivity index (χ3n) is 3.71. The minimum atomic E-state index is 0.286. The van der Waals surface area contributed by atoms with Gasteiger partial charge in [-0.25, -0.2) is 0 Å². The van der Waals surface area contributed by atoms with Crippen LogP contribution in [0.2, 0.25) is 0 Å². The summed E-state index contributed by atoms with van der Waals surface area (Å²) in [7, 11) is 0. The molecule has 1 aromatic rings. The summed E-state index contributed by atoms with van der Waals surface area (Å²) in [6.45, 7) is 4.84. The van der Waals surface area contributed by atoms with Crippen LogP contribution in [0.4, 0.5) is 0 Å². The molecule has 0 aromatic heterocycles. The molecular formula is C16H23NO2S. The summed E-state index contributed by atoms with van der Waals surface area (Å²) >= 11 is 5.01. The third kappa shape index (κ3) is 3.85. The molecule has 0 bridgehead atoms. The smallest absolute Gasteiger partial charge is 0.161 e. The van der Waals surface area contributed by atoms with Gasteiger partial charge in [0.15, 0.2) is 11.5 Å². The number of nitrogens with two attached hydrogens (primary N) is 1. The van der Waals surface area contributed by atoms with Crippen molar-refractivity contribution in [3.05, 3.63) is 23.8 Å². The molecule has 2 atom stereocenters. The SMILES string of the molecule is CCOc1cc(C(N)=S)ccc1OC1CCCC(C)C1. The fourth-order valence-electron chi connectivity index (χ4n) is 2.69. The number of rotatable bonds is 5. The van der Waals surface area contributed by atoms with Gasteiger partial charge in [-0.1, -0.05) is 25.6 Å². The zero-order valence-electron chi connectivity index (χ0n) is 12.2. The Kier molecular flexibility index (Phi) is 5.24. The number of thiocarbonyl (C=S) groups is 1. The van der Waals surface area contributed by atoms with E-state index < -0.39 is 0 Å². The van der Waals surface area contributed by atoms with Crippen LogP contribution in [-0.4, -0.2) is 17.7 Å². The predicted octanol–water partition coefficient (Wildman–Crippen LogP) is 3.68. The number of ether oxygens (including phenoxy) is 2. The fourth-order valence-corrected chi connectivity index (χ4v) is 2.82. The largest absolute Gasteiger partial charge is 0.490 e. The van der Waals surface area contributed by atoms with Crippen LogP contribution in [0.25, 0.3) is 0 Å². The van der Waals surface area contributed by atoms with E-state index in [-0.39, 0.29) is 6.10 Å². The Morgan fingerprint density at radius 2 is 2.15 bits per heavy atom. The first-order valence-electron chi connectivity index (χ1n) is 7.33. The van der Waals surface area contributed by atoms with Crippen molar-refractivity contribution in [2.75, 3.05) is 6.61 Å². The van der Waals surface area contributed by atoms with Gasteiger partial charge in [0.05, 0.1) is 12.7 Å². The second-order valence-corrected chi connectivity index (χ2v) is 5.91. The summed E-state index contributed by atoms with van der Waals surface area (Å²) in [6.07, 6.45) is 5.06. The highest BCUT2D eigenvalue weighted by Crippen LogP contribution is 2.33. The highest BCUT2D eigenvalue weighted by atomic mass is 32.1. The first kappa shape index (κ1) is 15.1. The minimum absolute atomic E-state index is 0.286. The maximum atomic E-state index is 6.14. The molecular weight excluding hydrogens is 270 g/mol. The molecule has 110 valence electrons. The van der Waals surface area contributed by atoms with Crippen molar-refractivity contribution in [1.29, 1.82) is 0 Å². The summed E-state index contributed by atoms with van der Waals surface area (Å²) in [5.74, 6) is 2.27. The fraction of sp³-hybridized carbons (Fsp3) is 0.562.